The van der Waals surface area contributed by atoms with Gasteiger partial charge in [-0.1, -0.05) is 30.3 Å². The molecule has 0 aliphatic carbocycles. The molecule has 0 aliphatic heterocycles. The standard InChI is InChI=1S/C17H14N2O4/c1-23-17(22)16-14(10-5-3-2-4-6-10)15(18-19-16)11-7-8-12(20)13(21)9-11/h2-9,20-21H,1H3,(H,18,19). The third-order valence-corrected chi connectivity index (χ3v) is 3.47. The van der Waals surface area contributed by atoms with Gasteiger partial charge in [0.15, 0.2) is 17.2 Å². The van der Waals surface area contributed by atoms with Crippen molar-refractivity contribution in [2.45, 2.75) is 0 Å². The van der Waals surface area contributed by atoms with E-state index in [9.17, 15) is 15.0 Å². The zero-order valence-electron chi connectivity index (χ0n) is 12.3. The average molecular weight is 310 g/mol. The van der Waals surface area contributed by atoms with Gasteiger partial charge < -0.3 is 14.9 Å². The predicted molar refractivity (Wildman–Crippen MR) is 84.1 cm³/mol. The van der Waals surface area contributed by atoms with Crippen molar-refractivity contribution >= 4 is 5.97 Å². The van der Waals surface area contributed by atoms with Gasteiger partial charge in [0.1, 0.15) is 5.69 Å². The Morgan fingerprint density at radius 3 is 2.43 bits per heavy atom. The van der Waals surface area contributed by atoms with Gasteiger partial charge in [-0.25, -0.2) is 4.79 Å². The molecule has 1 aromatic heterocycles. The molecule has 0 spiro atoms. The molecule has 6 nitrogen and oxygen atoms in total. The second-order valence-corrected chi connectivity index (χ2v) is 4.88. The van der Waals surface area contributed by atoms with Crippen LogP contribution >= 0.6 is 0 Å². The Bertz CT molecular complexity index is 856. The van der Waals surface area contributed by atoms with Crippen LogP contribution in [0.4, 0.5) is 0 Å². The molecular formula is C17H14N2O4. The van der Waals surface area contributed by atoms with Gasteiger partial charge >= 0.3 is 5.97 Å². The van der Waals surface area contributed by atoms with E-state index in [-0.39, 0.29) is 17.2 Å². The molecule has 3 N–H and O–H groups in total. The highest BCUT2D eigenvalue weighted by Gasteiger charge is 2.22. The molecule has 2 aromatic carbocycles. The molecule has 6 heteroatoms. The summed E-state index contributed by atoms with van der Waals surface area (Å²) in [4.78, 5) is 12.0. The molecule has 23 heavy (non-hydrogen) atoms. The minimum Gasteiger partial charge on any atom is -0.504 e. The van der Waals surface area contributed by atoms with Gasteiger partial charge in [-0.3, -0.25) is 5.10 Å². The Morgan fingerprint density at radius 1 is 1.04 bits per heavy atom. The number of benzene rings is 2. The lowest BCUT2D eigenvalue weighted by Gasteiger charge is -2.06. The van der Waals surface area contributed by atoms with Crippen molar-refractivity contribution in [2.24, 2.45) is 0 Å². The van der Waals surface area contributed by atoms with Crippen molar-refractivity contribution in [1.29, 1.82) is 0 Å². The van der Waals surface area contributed by atoms with Gasteiger partial charge in [0.05, 0.1) is 7.11 Å². The Morgan fingerprint density at radius 2 is 1.78 bits per heavy atom. The van der Waals surface area contributed by atoms with E-state index in [4.69, 9.17) is 4.74 Å². The Labute approximate surface area is 132 Å². The van der Waals surface area contributed by atoms with Gasteiger partial charge in [0.25, 0.3) is 0 Å². The first-order valence-corrected chi connectivity index (χ1v) is 6.86. The summed E-state index contributed by atoms with van der Waals surface area (Å²) in [5.41, 5.74) is 2.62. The number of nitrogens with zero attached hydrogens (tertiary/aromatic N) is 1. The molecule has 0 atom stereocenters. The molecule has 0 amide bonds. The number of ether oxygens (including phenoxy) is 1. The van der Waals surface area contributed by atoms with Crippen molar-refractivity contribution < 1.29 is 19.7 Å². The molecule has 1 heterocycles. The van der Waals surface area contributed by atoms with E-state index in [1.165, 1.54) is 19.2 Å². The average Bonchev–Trinajstić information content (AvgIpc) is 3.02. The normalized spacial score (nSPS) is 10.5. The molecule has 0 radical (unpaired) electrons. The molecule has 0 saturated carbocycles. The number of carbonyl (C=O) groups is 1. The third-order valence-electron chi connectivity index (χ3n) is 3.47. The van der Waals surface area contributed by atoms with E-state index in [1.54, 1.807) is 6.07 Å². The number of aromatic amines is 1. The summed E-state index contributed by atoms with van der Waals surface area (Å²) < 4.78 is 4.79. The van der Waals surface area contributed by atoms with Crippen LogP contribution in [0.15, 0.2) is 48.5 Å². The first-order chi connectivity index (χ1) is 11.1. The number of esters is 1. The van der Waals surface area contributed by atoms with Gasteiger partial charge in [-0.05, 0) is 23.8 Å². The number of methoxy groups -OCH3 is 1. The van der Waals surface area contributed by atoms with Crippen LogP contribution in [-0.4, -0.2) is 33.5 Å². The maximum Gasteiger partial charge on any atom is 0.356 e. The lowest BCUT2D eigenvalue weighted by Crippen LogP contribution is -2.03. The second kappa shape index (κ2) is 5.84. The number of nitrogens with one attached hydrogen (secondary N) is 1. The highest BCUT2D eigenvalue weighted by molar-refractivity contribution is 5.99. The number of aromatic nitrogens is 2. The number of phenols is 2. The van der Waals surface area contributed by atoms with Gasteiger partial charge in [-0.15, -0.1) is 0 Å². The Balaban J connectivity index is 2.23. The summed E-state index contributed by atoms with van der Waals surface area (Å²) in [5, 5.41) is 26.0. The lowest BCUT2D eigenvalue weighted by atomic mass is 9.98. The fourth-order valence-electron chi connectivity index (χ4n) is 2.36. The first kappa shape index (κ1) is 14.6. The molecule has 3 rings (SSSR count). The molecule has 3 aromatic rings. The largest absolute Gasteiger partial charge is 0.504 e. The number of hydrogen-bond donors (Lipinski definition) is 3. The lowest BCUT2D eigenvalue weighted by molar-refractivity contribution is 0.0595. The van der Waals surface area contributed by atoms with Crippen LogP contribution in [0.2, 0.25) is 0 Å². The van der Waals surface area contributed by atoms with Crippen LogP contribution in [0.1, 0.15) is 10.5 Å². The summed E-state index contributed by atoms with van der Waals surface area (Å²) in [5.74, 6) is -1.02. The summed E-state index contributed by atoms with van der Waals surface area (Å²) in [6.07, 6.45) is 0. The molecule has 0 saturated heterocycles. The van der Waals surface area contributed by atoms with Crippen LogP contribution in [0.5, 0.6) is 11.5 Å². The summed E-state index contributed by atoms with van der Waals surface area (Å²) in [6, 6.07) is 13.6. The van der Waals surface area contributed by atoms with Crippen LogP contribution in [-0.2, 0) is 4.74 Å². The smallest absolute Gasteiger partial charge is 0.356 e. The summed E-state index contributed by atoms with van der Waals surface area (Å²) in [6.45, 7) is 0. The van der Waals surface area contributed by atoms with E-state index in [0.717, 1.165) is 5.56 Å². The molecule has 0 fully saturated rings. The number of carbonyl (C=O) groups excluding carboxylic acids is 1. The van der Waals surface area contributed by atoms with Crippen molar-refractivity contribution in [2.75, 3.05) is 7.11 Å². The van der Waals surface area contributed by atoms with Gasteiger partial charge in [0, 0.05) is 11.1 Å². The Hall–Kier alpha value is -3.28. The van der Waals surface area contributed by atoms with E-state index in [1.807, 2.05) is 30.3 Å². The highest BCUT2D eigenvalue weighted by atomic mass is 16.5. The number of phenolic OH excluding ortho intramolecular Hbond substituents is 2. The summed E-state index contributed by atoms with van der Waals surface area (Å²) >= 11 is 0. The summed E-state index contributed by atoms with van der Waals surface area (Å²) in [7, 11) is 1.30. The SMILES string of the molecule is COC(=O)c1[nH]nc(-c2ccc(O)c(O)c2)c1-c1ccccc1. The van der Waals surface area contributed by atoms with Crippen LogP contribution in [0.3, 0.4) is 0 Å². The van der Waals surface area contributed by atoms with Gasteiger partial charge in [-0.2, -0.15) is 5.10 Å². The maximum atomic E-state index is 12.0. The molecule has 116 valence electrons. The highest BCUT2D eigenvalue weighted by Crippen LogP contribution is 2.36. The van der Waals surface area contributed by atoms with Crippen molar-refractivity contribution in [3.8, 4) is 33.9 Å². The monoisotopic (exact) mass is 310 g/mol. The molecule has 0 bridgehead atoms. The van der Waals surface area contributed by atoms with E-state index in [0.29, 0.717) is 16.8 Å². The molecular weight excluding hydrogens is 296 g/mol. The quantitative estimate of drug-likeness (QED) is 0.510. The number of aromatic hydroxyl groups is 2. The first-order valence-electron chi connectivity index (χ1n) is 6.86. The zero-order valence-corrected chi connectivity index (χ0v) is 12.3. The number of H-pyrrole nitrogens is 1. The fourth-order valence-corrected chi connectivity index (χ4v) is 2.36. The predicted octanol–water partition coefficient (Wildman–Crippen LogP) is 2.94. The van der Waals surface area contributed by atoms with Crippen LogP contribution in [0, 0.1) is 0 Å². The molecule has 0 aliphatic rings. The fraction of sp³-hybridized carbons (Fsp3) is 0.0588. The minimum absolute atomic E-state index is 0.223. The van der Waals surface area contributed by atoms with Crippen molar-refractivity contribution in [3.05, 3.63) is 54.2 Å². The number of rotatable bonds is 3. The second-order valence-electron chi connectivity index (χ2n) is 4.88. The van der Waals surface area contributed by atoms with E-state index in [2.05, 4.69) is 10.2 Å². The minimum atomic E-state index is -0.536. The third kappa shape index (κ3) is 2.62. The maximum absolute atomic E-state index is 12.0. The van der Waals surface area contributed by atoms with Crippen LogP contribution < -0.4 is 0 Å². The van der Waals surface area contributed by atoms with Crippen molar-refractivity contribution in [1.82, 2.24) is 10.2 Å². The number of hydrogen-bond acceptors (Lipinski definition) is 5. The van der Waals surface area contributed by atoms with E-state index < -0.39 is 5.97 Å². The topological polar surface area (TPSA) is 95.4 Å². The Kier molecular flexibility index (Phi) is 3.72. The van der Waals surface area contributed by atoms with Gasteiger partial charge in [0.2, 0.25) is 0 Å². The van der Waals surface area contributed by atoms with Crippen molar-refractivity contribution in [3.63, 3.8) is 0 Å². The zero-order chi connectivity index (χ0) is 16.4. The molecule has 0 unspecified atom stereocenters. The van der Waals surface area contributed by atoms with E-state index >= 15 is 0 Å². The van der Waals surface area contributed by atoms with Crippen LogP contribution in [0.25, 0.3) is 22.4 Å².